The summed E-state index contributed by atoms with van der Waals surface area (Å²) >= 11 is 0. The highest BCUT2D eigenvalue weighted by atomic mass is 19.1. The molecule has 0 amide bonds. The van der Waals surface area contributed by atoms with E-state index in [1.807, 2.05) is 31.2 Å². The molecular formula is C28H34F2O2. The zero-order chi connectivity index (χ0) is 22.5. The lowest BCUT2D eigenvalue weighted by Crippen LogP contribution is -2.33. The lowest BCUT2D eigenvalue weighted by molar-refractivity contribution is -0.00968. The summed E-state index contributed by atoms with van der Waals surface area (Å²) < 4.78 is 40.8. The summed E-state index contributed by atoms with van der Waals surface area (Å²) in [5, 5.41) is 0. The van der Waals surface area contributed by atoms with Gasteiger partial charge in [-0.3, -0.25) is 0 Å². The average molecular weight is 441 g/mol. The van der Waals surface area contributed by atoms with Crippen LogP contribution >= 0.6 is 0 Å². The molecule has 4 atom stereocenters. The van der Waals surface area contributed by atoms with Crippen LogP contribution in [0.4, 0.5) is 8.78 Å². The molecule has 172 valence electrons. The molecule has 0 aliphatic heterocycles. The Bertz CT molecular complexity index is 939. The Labute approximate surface area is 190 Å². The lowest BCUT2D eigenvalue weighted by atomic mass is 9.65. The van der Waals surface area contributed by atoms with Crippen LogP contribution < -0.4 is 4.74 Å². The van der Waals surface area contributed by atoms with Crippen molar-refractivity contribution in [3.05, 3.63) is 65.7 Å². The van der Waals surface area contributed by atoms with Crippen molar-refractivity contribution in [2.75, 3.05) is 13.2 Å². The first-order valence-electron chi connectivity index (χ1n) is 12.0. The largest absolute Gasteiger partial charge is 0.486 e. The Balaban J connectivity index is 1.43. The number of benzene rings is 2. The molecule has 0 N–H and O–H groups in total. The second kappa shape index (κ2) is 10.6. The third kappa shape index (κ3) is 5.23. The van der Waals surface area contributed by atoms with E-state index in [-0.39, 0.29) is 17.5 Å². The summed E-state index contributed by atoms with van der Waals surface area (Å²) in [6, 6.07) is 10.2. The van der Waals surface area contributed by atoms with Crippen molar-refractivity contribution in [3.8, 4) is 16.9 Å². The summed E-state index contributed by atoms with van der Waals surface area (Å²) in [5.74, 6) is 1.26. The summed E-state index contributed by atoms with van der Waals surface area (Å²) in [5.41, 5.74) is 2.16. The molecule has 2 aromatic carbocycles. The zero-order valence-corrected chi connectivity index (χ0v) is 19.2. The van der Waals surface area contributed by atoms with Gasteiger partial charge in [0.15, 0.2) is 11.6 Å². The normalized spacial score (nSPS) is 25.6. The van der Waals surface area contributed by atoms with Crippen LogP contribution in [0, 0.1) is 23.5 Å². The van der Waals surface area contributed by atoms with Crippen molar-refractivity contribution in [3.63, 3.8) is 0 Å². The van der Waals surface area contributed by atoms with Crippen molar-refractivity contribution >= 4 is 0 Å². The van der Waals surface area contributed by atoms with Crippen molar-refractivity contribution in [1.82, 2.24) is 0 Å². The number of hydrogen-bond donors (Lipinski definition) is 0. The van der Waals surface area contributed by atoms with Gasteiger partial charge in [-0.1, -0.05) is 30.4 Å². The minimum atomic E-state index is -0.433. The molecule has 2 aliphatic rings. The number of ether oxygens (including phenoxy) is 2. The Morgan fingerprint density at radius 2 is 1.62 bits per heavy atom. The van der Waals surface area contributed by atoms with Crippen molar-refractivity contribution in [1.29, 1.82) is 0 Å². The molecule has 0 spiro atoms. The van der Waals surface area contributed by atoms with Gasteiger partial charge in [0.1, 0.15) is 12.4 Å². The van der Waals surface area contributed by atoms with Crippen LogP contribution in [0.5, 0.6) is 5.75 Å². The smallest absolute Gasteiger partial charge is 0.165 e. The van der Waals surface area contributed by atoms with Gasteiger partial charge >= 0.3 is 0 Å². The molecule has 0 radical (unpaired) electrons. The molecule has 2 saturated carbocycles. The molecule has 4 heteroatoms. The van der Waals surface area contributed by atoms with Crippen LogP contribution in [0.2, 0.25) is 0 Å². The molecule has 4 rings (SSSR count). The minimum Gasteiger partial charge on any atom is -0.486 e. The molecule has 0 bridgehead atoms. The molecule has 2 aromatic rings. The fourth-order valence-electron chi connectivity index (χ4n) is 5.58. The highest BCUT2D eigenvalue weighted by Crippen LogP contribution is 2.47. The van der Waals surface area contributed by atoms with E-state index in [2.05, 4.69) is 6.92 Å². The first-order chi connectivity index (χ1) is 15.6. The van der Waals surface area contributed by atoms with E-state index in [1.165, 1.54) is 12.5 Å². The Kier molecular flexibility index (Phi) is 7.62. The van der Waals surface area contributed by atoms with Crippen LogP contribution in [-0.2, 0) is 4.74 Å². The van der Waals surface area contributed by atoms with Crippen molar-refractivity contribution in [2.45, 2.75) is 64.4 Å². The van der Waals surface area contributed by atoms with Gasteiger partial charge in [-0.05, 0) is 105 Å². The summed E-state index contributed by atoms with van der Waals surface area (Å²) in [7, 11) is 0. The van der Waals surface area contributed by atoms with E-state index in [0.29, 0.717) is 29.8 Å². The first kappa shape index (κ1) is 23.0. The second-order valence-corrected chi connectivity index (χ2v) is 9.18. The minimum absolute atomic E-state index is 0.178. The van der Waals surface area contributed by atoms with E-state index in [0.717, 1.165) is 50.2 Å². The molecule has 4 unspecified atom stereocenters. The number of halogens is 2. The lowest BCUT2D eigenvalue weighted by Gasteiger charge is -2.42. The van der Waals surface area contributed by atoms with E-state index in [1.54, 1.807) is 18.2 Å². The van der Waals surface area contributed by atoms with Gasteiger partial charge in [0, 0.05) is 6.61 Å². The maximum atomic E-state index is 15.1. The Morgan fingerprint density at radius 1 is 0.906 bits per heavy atom. The van der Waals surface area contributed by atoms with Gasteiger partial charge in [0.2, 0.25) is 0 Å². The van der Waals surface area contributed by atoms with Gasteiger partial charge in [-0.2, -0.15) is 0 Å². The van der Waals surface area contributed by atoms with Gasteiger partial charge in [0.05, 0.1) is 6.10 Å². The predicted molar refractivity (Wildman–Crippen MR) is 125 cm³/mol. The fraction of sp³-hybridized carbons (Fsp3) is 0.500. The van der Waals surface area contributed by atoms with Crippen LogP contribution in [0.3, 0.4) is 0 Å². The monoisotopic (exact) mass is 440 g/mol. The van der Waals surface area contributed by atoms with E-state index >= 15 is 4.39 Å². The Morgan fingerprint density at radius 3 is 2.34 bits per heavy atom. The van der Waals surface area contributed by atoms with E-state index in [9.17, 15) is 4.39 Å². The summed E-state index contributed by atoms with van der Waals surface area (Å²) in [6.07, 6.45) is 10.8. The summed E-state index contributed by atoms with van der Waals surface area (Å²) in [4.78, 5) is 0. The predicted octanol–water partition coefficient (Wildman–Crippen LogP) is 7.68. The number of hydrogen-bond acceptors (Lipinski definition) is 2. The first-order valence-corrected chi connectivity index (χ1v) is 12.0. The SMILES string of the molecule is C/C=C/COc1ccc(-c2ccc(C3CCC4CC(OCC)CCC4C3)c(F)c2)cc1F. The molecule has 2 fully saturated rings. The van der Waals surface area contributed by atoms with Crippen LogP contribution in [0.1, 0.15) is 63.9 Å². The standard InChI is InChI=1S/C28H34F2O2/c1-3-5-14-32-28-13-10-22(18-27(28)30)21-9-12-25(26(29)17-21)23-7-6-20-16-24(31-4-2)11-8-19(20)15-23/h3,5,9-10,12-13,17-20,23-24H,4,6-8,11,14-16H2,1-2H3/b5-3+. The zero-order valence-electron chi connectivity index (χ0n) is 19.2. The quantitative estimate of drug-likeness (QED) is 0.411. The fourth-order valence-corrected chi connectivity index (χ4v) is 5.58. The highest BCUT2D eigenvalue weighted by molar-refractivity contribution is 5.65. The van der Waals surface area contributed by atoms with E-state index < -0.39 is 5.82 Å². The van der Waals surface area contributed by atoms with Crippen LogP contribution in [-0.4, -0.2) is 19.3 Å². The third-order valence-corrected chi connectivity index (χ3v) is 7.24. The molecule has 2 aliphatic carbocycles. The summed E-state index contributed by atoms with van der Waals surface area (Å²) in [6.45, 7) is 5.07. The third-order valence-electron chi connectivity index (χ3n) is 7.24. The molecule has 32 heavy (non-hydrogen) atoms. The van der Waals surface area contributed by atoms with Crippen molar-refractivity contribution < 1.29 is 18.3 Å². The maximum absolute atomic E-state index is 15.1. The average Bonchev–Trinajstić information content (AvgIpc) is 2.80. The van der Waals surface area contributed by atoms with Gasteiger partial charge in [-0.15, -0.1) is 0 Å². The van der Waals surface area contributed by atoms with Crippen molar-refractivity contribution in [2.24, 2.45) is 11.8 Å². The van der Waals surface area contributed by atoms with Gasteiger partial charge in [-0.25, -0.2) is 8.78 Å². The Hall–Kier alpha value is -2.20. The van der Waals surface area contributed by atoms with Crippen LogP contribution in [0.15, 0.2) is 48.6 Å². The number of allylic oxidation sites excluding steroid dienone is 1. The second-order valence-electron chi connectivity index (χ2n) is 9.18. The molecule has 0 heterocycles. The molecular weight excluding hydrogens is 406 g/mol. The number of rotatable bonds is 7. The molecule has 0 aromatic heterocycles. The van der Waals surface area contributed by atoms with Gasteiger partial charge in [0.25, 0.3) is 0 Å². The van der Waals surface area contributed by atoms with E-state index in [4.69, 9.17) is 9.47 Å². The highest BCUT2D eigenvalue weighted by Gasteiger charge is 2.36. The maximum Gasteiger partial charge on any atom is 0.165 e. The number of fused-ring (bicyclic) bond motifs is 1. The topological polar surface area (TPSA) is 18.5 Å². The molecule has 2 nitrogen and oxygen atoms in total. The van der Waals surface area contributed by atoms with Crippen LogP contribution in [0.25, 0.3) is 11.1 Å². The van der Waals surface area contributed by atoms with Gasteiger partial charge < -0.3 is 9.47 Å². The molecule has 0 saturated heterocycles.